The van der Waals surface area contributed by atoms with E-state index < -0.39 is 0 Å². The topological polar surface area (TPSA) is 60.1 Å². The summed E-state index contributed by atoms with van der Waals surface area (Å²) in [6.07, 6.45) is 3.52. The van der Waals surface area contributed by atoms with Crippen LogP contribution in [0, 0.1) is 0 Å². The SMILES string of the molecule is CCNC(=O)[C@H](C)Sc1ncc(-c2ccccc2)n1Cc1ccco1. The number of thioether (sulfide) groups is 1. The van der Waals surface area contributed by atoms with Crippen LogP contribution in [0.5, 0.6) is 0 Å². The zero-order valence-electron chi connectivity index (χ0n) is 14.3. The summed E-state index contributed by atoms with van der Waals surface area (Å²) < 4.78 is 7.60. The highest BCUT2D eigenvalue weighted by molar-refractivity contribution is 8.00. The molecule has 2 aromatic heterocycles. The van der Waals surface area contributed by atoms with Crippen LogP contribution in [0.2, 0.25) is 0 Å². The fourth-order valence-electron chi connectivity index (χ4n) is 2.53. The number of carbonyl (C=O) groups excluding carboxylic acids is 1. The van der Waals surface area contributed by atoms with Gasteiger partial charge in [0.2, 0.25) is 5.91 Å². The lowest BCUT2D eigenvalue weighted by Crippen LogP contribution is -2.30. The molecule has 0 unspecified atom stereocenters. The highest BCUT2D eigenvalue weighted by atomic mass is 32.2. The van der Waals surface area contributed by atoms with Crippen LogP contribution in [0.15, 0.2) is 64.5 Å². The third-order valence-electron chi connectivity index (χ3n) is 3.79. The normalized spacial score (nSPS) is 12.1. The van der Waals surface area contributed by atoms with E-state index in [1.807, 2.05) is 50.4 Å². The molecule has 0 saturated carbocycles. The van der Waals surface area contributed by atoms with Crippen molar-refractivity contribution in [2.45, 2.75) is 30.8 Å². The first-order valence-electron chi connectivity index (χ1n) is 8.26. The van der Waals surface area contributed by atoms with E-state index in [4.69, 9.17) is 4.42 Å². The smallest absolute Gasteiger partial charge is 0.233 e. The Morgan fingerprint density at radius 2 is 2.08 bits per heavy atom. The molecule has 0 aliphatic heterocycles. The first-order valence-corrected chi connectivity index (χ1v) is 9.14. The van der Waals surface area contributed by atoms with Crippen LogP contribution in [0.4, 0.5) is 0 Å². The Hall–Kier alpha value is -2.47. The molecule has 0 bridgehead atoms. The van der Waals surface area contributed by atoms with Crippen molar-refractivity contribution in [3.8, 4) is 11.3 Å². The summed E-state index contributed by atoms with van der Waals surface area (Å²) in [5, 5.41) is 3.43. The fourth-order valence-corrected chi connectivity index (χ4v) is 3.44. The van der Waals surface area contributed by atoms with Crippen LogP contribution in [-0.2, 0) is 11.3 Å². The minimum atomic E-state index is -0.221. The summed E-state index contributed by atoms with van der Waals surface area (Å²) in [6, 6.07) is 13.9. The Morgan fingerprint density at radius 1 is 1.28 bits per heavy atom. The lowest BCUT2D eigenvalue weighted by molar-refractivity contribution is -0.120. The third kappa shape index (κ3) is 4.14. The molecule has 1 atom stereocenters. The first-order chi connectivity index (χ1) is 12.2. The van der Waals surface area contributed by atoms with Gasteiger partial charge in [-0.25, -0.2) is 4.98 Å². The lowest BCUT2D eigenvalue weighted by Gasteiger charge is -2.14. The fraction of sp³-hybridized carbons (Fsp3) is 0.263. The highest BCUT2D eigenvalue weighted by Gasteiger charge is 2.19. The van der Waals surface area contributed by atoms with Crippen molar-refractivity contribution in [2.75, 3.05) is 6.54 Å². The standard InChI is InChI=1S/C19H21N3O2S/c1-3-20-18(23)14(2)25-19-21-12-17(15-8-5-4-6-9-15)22(19)13-16-10-7-11-24-16/h4-12,14H,3,13H2,1-2H3,(H,20,23)/t14-/m0/s1. The van der Waals surface area contributed by atoms with Crippen molar-refractivity contribution in [1.29, 1.82) is 0 Å². The van der Waals surface area contributed by atoms with Crippen LogP contribution >= 0.6 is 11.8 Å². The molecule has 5 nitrogen and oxygen atoms in total. The monoisotopic (exact) mass is 355 g/mol. The lowest BCUT2D eigenvalue weighted by atomic mass is 10.2. The van der Waals surface area contributed by atoms with E-state index in [1.165, 1.54) is 11.8 Å². The van der Waals surface area contributed by atoms with Crippen LogP contribution < -0.4 is 5.32 Å². The van der Waals surface area contributed by atoms with Gasteiger partial charge in [0.1, 0.15) is 5.76 Å². The number of benzene rings is 1. The average Bonchev–Trinajstić information content (AvgIpc) is 3.27. The van der Waals surface area contributed by atoms with Gasteiger partial charge in [0.15, 0.2) is 5.16 Å². The van der Waals surface area contributed by atoms with Crippen molar-refractivity contribution in [3.05, 3.63) is 60.7 Å². The van der Waals surface area contributed by atoms with E-state index in [9.17, 15) is 4.79 Å². The third-order valence-corrected chi connectivity index (χ3v) is 4.89. The largest absolute Gasteiger partial charge is 0.467 e. The number of amides is 1. The predicted octanol–water partition coefficient (Wildman–Crippen LogP) is 3.81. The Kier molecular flexibility index (Phi) is 5.60. The predicted molar refractivity (Wildman–Crippen MR) is 99.5 cm³/mol. The number of imidazole rings is 1. The molecule has 1 aromatic carbocycles. The molecule has 3 rings (SSSR count). The molecule has 6 heteroatoms. The van der Waals surface area contributed by atoms with Gasteiger partial charge in [-0.1, -0.05) is 42.1 Å². The molecule has 0 aliphatic rings. The number of furan rings is 1. The number of carbonyl (C=O) groups is 1. The van der Waals surface area contributed by atoms with Crippen molar-refractivity contribution >= 4 is 17.7 Å². The van der Waals surface area contributed by atoms with Crippen molar-refractivity contribution in [1.82, 2.24) is 14.9 Å². The highest BCUT2D eigenvalue weighted by Crippen LogP contribution is 2.29. The molecule has 0 radical (unpaired) electrons. The Bertz CT molecular complexity index is 813. The maximum atomic E-state index is 12.1. The molecule has 0 spiro atoms. The molecule has 130 valence electrons. The van der Waals surface area contributed by atoms with Crippen LogP contribution in [0.25, 0.3) is 11.3 Å². The van der Waals surface area contributed by atoms with Gasteiger partial charge >= 0.3 is 0 Å². The minimum absolute atomic E-state index is 0.0151. The molecular weight excluding hydrogens is 334 g/mol. The van der Waals surface area contributed by atoms with Crippen molar-refractivity contribution in [3.63, 3.8) is 0 Å². The summed E-state index contributed by atoms with van der Waals surface area (Å²) in [5.41, 5.74) is 2.08. The molecule has 1 N–H and O–H groups in total. The Morgan fingerprint density at radius 3 is 2.76 bits per heavy atom. The van der Waals surface area contributed by atoms with E-state index in [2.05, 4.69) is 27.0 Å². The summed E-state index contributed by atoms with van der Waals surface area (Å²) in [7, 11) is 0. The molecule has 0 fully saturated rings. The summed E-state index contributed by atoms with van der Waals surface area (Å²) in [5.74, 6) is 0.865. The quantitative estimate of drug-likeness (QED) is 0.655. The second-order valence-corrected chi connectivity index (χ2v) is 6.92. The molecule has 0 aliphatic carbocycles. The van der Waals surface area contributed by atoms with Gasteiger partial charge in [-0.15, -0.1) is 0 Å². The second-order valence-electron chi connectivity index (χ2n) is 5.61. The van der Waals surface area contributed by atoms with Crippen LogP contribution in [-0.4, -0.2) is 27.3 Å². The second kappa shape index (κ2) is 8.07. The molecule has 25 heavy (non-hydrogen) atoms. The maximum Gasteiger partial charge on any atom is 0.233 e. The minimum Gasteiger partial charge on any atom is -0.467 e. The molecular formula is C19H21N3O2S. The molecule has 1 amide bonds. The van der Waals surface area contributed by atoms with Gasteiger partial charge in [0, 0.05) is 6.54 Å². The van der Waals surface area contributed by atoms with Crippen LogP contribution in [0.1, 0.15) is 19.6 Å². The average molecular weight is 355 g/mol. The number of rotatable bonds is 7. The van der Waals surface area contributed by atoms with Gasteiger partial charge < -0.3 is 14.3 Å². The summed E-state index contributed by atoms with van der Waals surface area (Å²) in [6.45, 7) is 5.01. The van der Waals surface area contributed by atoms with E-state index in [0.29, 0.717) is 13.1 Å². The summed E-state index contributed by atoms with van der Waals surface area (Å²) >= 11 is 1.45. The Labute approximate surface area is 151 Å². The Balaban J connectivity index is 1.92. The number of aromatic nitrogens is 2. The summed E-state index contributed by atoms with van der Waals surface area (Å²) in [4.78, 5) is 16.6. The van der Waals surface area contributed by atoms with Gasteiger partial charge in [0.25, 0.3) is 0 Å². The van der Waals surface area contributed by atoms with Gasteiger partial charge in [-0.05, 0) is 31.5 Å². The van der Waals surface area contributed by atoms with Gasteiger partial charge in [0.05, 0.1) is 29.9 Å². The van der Waals surface area contributed by atoms with Gasteiger partial charge in [-0.2, -0.15) is 0 Å². The molecule has 0 saturated heterocycles. The van der Waals surface area contributed by atoms with Gasteiger partial charge in [-0.3, -0.25) is 4.79 Å². The molecule has 3 aromatic rings. The van der Waals surface area contributed by atoms with E-state index in [1.54, 1.807) is 6.26 Å². The zero-order valence-corrected chi connectivity index (χ0v) is 15.1. The number of hydrogen-bond acceptors (Lipinski definition) is 4. The van der Waals surface area contributed by atoms with E-state index in [0.717, 1.165) is 22.2 Å². The van der Waals surface area contributed by atoms with Crippen molar-refractivity contribution in [2.24, 2.45) is 0 Å². The maximum absolute atomic E-state index is 12.1. The molecule has 2 heterocycles. The van der Waals surface area contributed by atoms with Crippen LogP contribution in [0.3, 0.4) is 0 Å². The first kappa shape index (κ1) is 17.4. The number of hydrogen-bond donors (Lipinski definition) is 1. The number of nitrogens with one attached hydrogen (secondary N) is 1. The van der Waals surface area contributed by atoms with Crippen molar-refractivity contribution < 1.29 is 9.21 Å². The van der Waals surface area contributed by atoms with E-state index in [-0.39, 0.29) is 11.2 Å². The zero-order chi connectivity index (χ0) is 17.6. The van der Waals surface area contributed by atoms with E-state index >= 15 is 0 Å². The number of nitrogens with zero attached hydrogens (tertiary/aromatic N) is 2.